The van der Waals surface area contributed by atoms with Gasteiger partial charge >= 0.3 is 0 Å². The maximum atomic E-state index is 12.0. The number of hydrogen-bond acceptors (Lipinski definition) is 6. The summed E-state index contributed by atoms with van der Waals surface area (Å²) in [5.74, 6) is 0.0567. The maximum Gasteiger partial charge on any atom is 0.237 e. The Morgan fingerprint density at radius 2 is 2.07 bits per heavy atom. The molecule has 2 atom stereocenters. The van der Waals surface area contributed by atoms with Gasteiger partial charge in [0.05, 0.1) is 31.5 Å². The number of amides is 1. The van der Waals surface area contributed by atoms with Gasteiger partial charge in [0.2, 0.25) is 5.91 Å². The number of carbonyl (C=O) groups is 1. The molecular formula is C20H28N6O2. The van der Waals surface area contributed by atoms with E-state index in [9.17, 15) is 4.79 Å². The number of aromatic nitrogens is 3. The number of nitrogens with one attached hydrogen (secondary N) is 2. The minimum atomic E-state index is -0.155. The Kier molecular flexibility index (Phi) is 5.99. The molecule has 1 amide bonds. The van der Waals surface area contributed by atoms with Crippen LogP contribution in [0.1, 0.15) is 24.9 Å². The van der Waals surface area contributed by atoms with Crippen molar-refractivity contribution in [3.8, 4) is 11.3 Å². The van der Waals surface area contributed by atoms with E-state index in [1.54, 1.807) is 0 Å². The Balaban J connectivity index is 1.37. The first kappa shape index (κ1) is 19.0. The molecule has 0 aliphatic carbocycles. The topological polar surface area (TPSA) is 84.3 Å². The molecule has 1 aromatic heterocycles. The van der Waals surface area contributed by atoms with Gasteiger partial charge in [-0.25, -0.2) is 4.68 Å². The van der Waals surface area contributed by atoms with Crippen LogP contribution in [0, 0.1) is 0 Å². The van der Waals surface area contributed by atoms with E-state index in [4.69, 9.17) is 4.74 Å². The molecule has 28 heavy (non-hydrogen) atoms. The van der Waals surface area contributed by atoms with Crippen molar-refractivity contribution >= 4 is 5.91 Å². The highest BCUT2D eigenvalue weighted by Gasteiger charge is 2.30. The van der Waals surface area contributed by atoms with Gasteiger partial charge in [0.1, 0.15) is 5.69 Å². The first-order chi connectivity index (χ1) is 13.7. The number of ether oxygens (including phenoxy) is 1. The van der Waals surface area contributed by atoms with Gasteiger partial charge in [-0.2, -0.15) is 0 Å². The van der Waals surface area contributed by atoms with Crippen molar-refractivity contribution in [2.45, 2.75) is 32.0 Å². The van der Waals surface area contributed by atoms with E-state index in [-0.39, 0.29) is 18.0 Å². The lowest BCUT2D eigenvalue weighted by atomic mass is 10.1. The highest BCUT2D eigenvalue weighted by molar-refractivity contribution is 5.82. The van der Waals surface area contributed by atoms with Crippen LogP contribution < -0.4 is 10.6 Å². The number of hydrogen-bond donors (Lipinski definition) is 2. The molecule has 2 aliphatic heterocycles. The third kappa shape index (κ3) is 4.40. The van der Waals surface area contributed by atoms with E-state index in [2.05, 4.69) is 50.1 Å². The summed E-state index contributed by atoms with van der Waals surface area (Å²) in [5, 5.41) is 14.8. The van der Waals surface area contributed by atoms with Crippen molar-refractivity contribution in [2.24, 2.45) is 0 Å². The highest BCUT2D eigenvalue weighted by atomic mass is 16.5. The van der Waals surface area contributed by atoms with Crippen LogP contribution in [0.15, 0.2) is 30.5 Å². The molecule has 2 N–H and O–H groups in total. The van der Waals surface area contributed by atoms with Crippen LogP contribution in [-0.4, -0.2) is 71.2 Å². The predicted molar refractivity (Wildman–Crippen MR) is 106 cm³/mol. The molecule has 0 radical (unpaired) electrons. The van der Waals surface area contributed by atoms with E-state index in [0.717, 1.165) is 57.1 Å². The van der Waals surface area contributed by atoms with Gasteiger partial charge < -0.3 is 15.4 Å². The van der Waals surface area contributed by atoms with E-state index >= 15 is 0 Å². The van der Waals surface area contributed by atoms with E-state index < -0.39 is 0 Å². The van der Waals surface area contributed by atoms with Crippen molar-refractivity contribution in [1.82, 2.24) is 30.5 Å². The first-order valence-electron chi connectivity index (χ1n) is 10.1. The largest absolute Gasteiger partial charge is 0.379 e. The van der Waals surface area contributed by atoms with Crippen molar-refractivity contribution in [2.75, 3.05) is 39.4 Å². The Morgan fingerprint density at radius 1 is 1.29 bits per heavy atom. The molecule has 0 bridgehead atoms. The minimum Gasteiger partial charge on any atom is -0.379 e. The van der Waals surface area contributed by atoms with Crippen molar-refractivity contribution in [3.63, 3.8) is 0 Å². The van der Waals surface area contributed by atoms with E-state index in [1.165, 1.54) is 5.56 Å². The molecule has 2 fully saturated rings. The lowest BCUT2D eigenvalue weighted by Crippen LogP contribution is -2.40. The standard InChI is InChI=1S/C20H28N6O2/c1-2-21-20(27)18-11-17(12-22-18)26-14-19(23-24-26)16-5-3-15(4-6-16)13-25-7-9-28-10-8-25/h3-6,14,17-18,22H,2,7-13H2,1H3,(H,21,27)/t17-,18+/m1/s1. The zero-order chi connectivity index (χ0) is 19.3. The lowest BCUT2D eigenvalue weighted by molar-refractivity contribution is -0.122. The van der Waals surface area contributed by atoms with Gasteiger partial charge in [0.25, 0.3) is 0 Å². The zero-order valence-corrected chi connectivity index (χ0v) is 16.3. The second-order valence-electron chi connectivity index (χ2n) is 7.41. The number of morpholine rings is 1. The lowest BCUT2D eigenvalue weighted by Gasteiger charge is -2.26. The quantitative estimate of drug-likeness (QED) is 0.767. The average molecular weight is 384 g/mol. The second-order valence-corrected chi connectivity index (χ2v) is 7.41. The van der Waals surface area contributed by atoms with Crippen LogP contribution in [0.2, 0.25) is 0 Å². The fraction of sp³-hybridized carbons (Fsp3) is 0.550. The summed E-state index contributed by atoms with van der Waals surface area (Å²) >= 11 is 0. The van der Waals surface area contributed by atoms with Crippen molar-refractivity contribution in [1.29, 1.82) is 0 Å². The van der Waals surface area contributed by atoms with Crippen LogP contribution in [0.4, 0.5) is 0 Å². The van der Waals surface area contributed by atoms with Crippen molar-refractivity contribution < 1.29 is 9.53 Å². The van der Waals surface area contributed by atoms with Crippen LogP contribution in [0.25, 0.3) is 11.3 Å². The number of likely N-dealkylation sites (N-methyl/N-ethyl adjacent to an activating group) is 1. The molecule has 8 nitrogen and oxygen atoms in total. The smallest absolute Gasteiger partial charge is 0.237 e. The number of nitrogens with zero attached hydrogens (tertiary/aromatic N) is 4. The molecule has 150 valence electrons. The normalized spacial score (nSPS) is 23.0. The molecule has 0 spiro atoms. The summed E-state index contributed by atoms with van der Waals surface area (Å²) < 4.78 is 7.28. The van der Waals surface area contributed by atoms with Gasteiger partial charge in [-0.3, -0.25) is 9.69 Å². The molecule has 2 saturated heterocycles. The van der Waals surface area contributed by atoms with Crippen LogP contribution >= 0.6 is 0 Å². The molecule has 4 rings (SSSR count). The number of carbonyl (C=O) groups excluding carboxylic acids is 1. The second kappa shape index (κ2) is 8.81. The van der Waals surface area contributed by atoms with Gasteiger partial charge in [-0.15, -0.1) is 5.10 Å². The molecule has 2 aromatic rings. The monoisotopic (exact) mass is 384 g/mol. The fourth-order valence-corrected chi connectivity index (χ4v) is 3.80. The van der Waals surface area contributed by atoms with Gasteiger partial charge in [-0.1, -0.05) is 29.5 Å². The van der Waals surface area contributed by atoms with Crippen LogP contribution in [0.3, 0.4) is 0 Å². The third-order valence-electron chi connectivity index (χ3n) is 5.42. The molecule has 0 saturated carbocycles. The number of benzene rings is 1. The molecule has 2 aliphatic rings. The van der Waals surface area contributed by atoms with Gasteiger partial charge in [-0.05, 0) is 18.9 Å². The molecule has 1 aromatic carbocycles. The van der Waals surface area contributed by atoms with Gasteiger partial charge in [0, 0.05) is 38.3 Å². The minimum absolute atomic E-state index is 0.0567. The Morgan fingerprint density at radius 3 is 2.82 bits per heavy atom. The van der Waals surface area contributed by atoms with Gasteiger partial charge in [0.15, 0.2) is 0 Å². The average Bonchev–Trinajstić information content (AvgIpc) is 3.39. The summed E-state index contributed by atoms with van der Waals surface area (Å²) in [5.41, 5.74) is 3.21. The van der Waals surface area contributed by atoms with Crippen LogP contribution in [0.5, 0.6) is 0 Å². The highest BCUT2D eigenvalue weighted by Crippen LogP contribution is 2.23. The Labute approximate surface area is 165 Å². The Hall–Kier alpha value is -2.29. The summed E-state index contributed by atoms with van der Waals surface area (Å²) in [6, 6.07) is 8.52. The molecule has 0 unspecified atom stereocenters. The zero-order valence-electron chi connectivity index (χ0n) is 16.3. The Bertz CT molecular complexity index is 784. The summed E-state index contributed by atoms with van der Waals surface area (Å²) in [6.45, 7) is 7.87. The maximum absolute atomic E-state index is 12.0. The SMILES string of the molecule is CCNC(=O)[C@@H]1C[C@@H](n2cc(-c3ccc(CN4CCOCC4)cc3)nn2)CN1. The van der Waals surface area contributed by atoms with Crippen LogP contribution in [-0.2, 0) is 16.1 Å². The fourth-order valence-electron chi connectivity index (χ4n) is 3.80. The van der Waals surface area contributed by atoms with E-state index in [1.807, 2.05) is 17.8 Å². The molecule has 8 heteroatoms. The number of rotatable bonds is 6. The first-order valence-corrected chi connectivity index (χ1v) is 10.1. The third-order valence-corrected chi connectivity index (χ3v) is 5.42. The summed E-state index contributed by atoms with van der Waals surface area (Å²) in [7, 11) is 0. The predicted octanol–water partition coefficient (Wildman–Crippen LogP) is 0.816. The summed E-state index contributed by atoms with van der Waals surface area (Å²) in [4.78, 5) is 14.4. The molecule has 3 heterocycles. The van der Waals surface area contributed by atoms with Crippen molar-refractivity contribution in [3.05, 3.63) is 36.0 Å². The van der Waals surface area contributed by atoms with E-state index in [0.29, 0.717) is 6.54 Å². The summed E-state index contributed by atoms with van der Waals surface area (Å²) in [6.07, 6.45) is 2.70. The molecular weight excluding hydrogens is 356 g/mol.